The van der Waals surface area contributed by atoms with Crippen LogP contribution in [-0.4, -0.2) is 65.8 Å². The Labute approximate surface area is 229 Å². The number of rotatable bonds is 6. The Bertz CT molecular complexity index is 1200. The summed E-state index contributed by atoms with van der Waals surface area (Å²) in [4.78, 5) is 40.1. The third-order valence-electron chi connectivity index (χ3n) is 9.35. The van der Waals surface area contributed by atoms with E-state index in [1.807, 2.05) is 26.1 Å². The van der Waals surface area contributed by atoms with Gasteiger partial charge in [-0.25, -0.2) is 4.98 Å². The van der Waals surface area contributed by atoms with Gasteiger partial charge in [0.2, 0.25) is 17.8 Å². The summed E-state index contributed by atoms with van der Waals surface area (Å²) in [6, 6.07) is 0.394. The number of aromatic nitrogens is 2. The van der Waals surface area contributed by atoms with Gasteiger partial charge in [-0.3, -0.25) is 9.59 Å². The van der Waals surface area contributed by atoms with E-state index in [9.17, 15) is 14.7 Å². The molecule has 39 heavy (non-hydrogen) atoms. The summed E-state index contributed by atoms with van der Waals surface area (Å²) in [7, 11) is 3.43. The number of ether oxygens (including phenoxy) is 1. The van der Waals surface area contributed by atoms with E-state index in [-0.39, 0.29) is 41.2 Å². The molecule has 2 heterocycles. The van der Waals surface area contributed by atoms with Crippen LogP contribution in [0.15, 0.2) is 29.8 Å². The molecule has 210 valence electrons. The first kappa shape index (κ1) is 26.1. The number of hydrogen-bond donors (Lipinski definition) is 3. The second-order valence-corrected chi connectivity index (χ2v) is 12.1. The quantitative estimate of drug-likeness (QED) is 0.507. The molecule has 2 amide bonds. The van der Waals surface area contributed by atoms with Gasteiger partial charge in [0, 0.05) is 25.7 Å². The summed E-state index contributed by atoms with van der Waals surface area (Å²) in [6.45, 7) is 2.72. The molecule has 0 bridgehead atoms. The third-order valence-corrected chi connectivity index (χ3v) is 9.35. The van der Waals surface area contributed by atoms with Gasteiger partial charge in [-0.15, -0.1) is 0 Å². The van der Waals surface area contributed by atoms with E-state index in [1.165, 1.54) is 12.8 Å². The predicted molar refractivity (Wildman–Crippen MR) is 148 cm³/mol. The van der Waals surface area contributed by atoms with Gasteiger partial charge in [-0.05, 0) is 56.9 Å². The van der Waals surface area contributed by atoms with Gasteiger partial charge >= 0.3 is 0 Å². The van der Waals surface area contributed by atoms with E-state index in [4.69, 9.17) is 9.72 Å². The SMILES string of the molecule is COC1=CC(C(=O)N[C@@H]2CC[C@@H](O)C2)C(C)C=C1Nc1ncc2c(n1)N(C1CCCC1)CC1(CC1)C(=O)N2C. The van der Waals surface area contributed by atoms with E-state index in [0.717, 1.165) is 55.7 Å². The van der Waals surface area contributed by atoms with Crippen LogP contribution < -0.4 is 20.4 Å². The number of nitrogens with zero attached hydrogens (tertiary/aromatic N) is 4. The van der Waals surface area contributed by atoms with Crippen molar-refractivity contribution in [2.45, 2.75) is 82.9 Å². The highest BCUT2D eigenvalue weighted by atomic mass is 16.5. The van der Waals surface area contributed by atoms with Crippen molar-refractivity contribution >= 4 is 29.3 Å². The number of anilines is 3. The van der Waals surface area contributed by atoms with Gasteiger partial charge in [0.15, 0.2) is 5.82 Å². The van der Waals surface area contributed by atoms with Crippen LogP contribution in [0.5, 0.6) is 0 Å². The minimum absolute atomic E-state index is 0.0122. The Hall–Kier alpha value is -3.14. The molecule has 1 spiro atoms. The van der Waals surface area contributed by atoms with E-state index >= 15 is 0 Å². The Balaban J connectivity index is 1.24. The molecular weight excluding hydrogens is 496 g/mol. The largest absolute Gasteiger partial charge is 0.495 e. The summed E-state index contributed by atoms with van der Waals surface area (Å²) in [6.07, 6.45) is 13.9. The van der Waals surface area contributed by atoms with Crippen LogP contribution in [0.2, 0.25) is 0 Å². The molecule has 0 aromatic carbocycles. The Morgan fingerprint density at radius 3 is 2.62 bits per heavy atom. The number of hydrogen-bond acceptors (Lipinski definition) is 8. The second-order valence-electron chi connectivity index (χ2n) is 12.1. The molecule has 10 nitrogen and oxygen atoms in total. The number of allylic oxidation sites excluding steroid dienone is 1. The predicted octanol–water partition coefficient (Wildman–Crippen LogP) is 3.10. The first-order chi connectivity index (χ1) is 18.8. The Morgan fingerprint density at radius 1 is 1.18 bits per heavy atom. The lowest BCUT2D eigenvalue weighted by atomic mass is 9.87. The molecule has 4 aliphatic carbocycles. The molecule has 3 saturated carbocycles. The number of methoxy groups -OCH3 is 1. The van der Waals surface area contributed by atoms with Gasteiger partial charge < -0.3 is 30.3 Å². The zero-order valence-corrected chi connectivity index (χ0v) is 23.2. The third kappa shape index (κ3) is 4.88. The molecule has 1 aromatic rings. The molecule has 10 heteroatoms. The zero-order chi connectivity index (χ0) is 27.3. The van der Waals surface area contributed by atoms with E-state index in [1.54, 1.807) is 18.2 Å². The normalized spacial score (nSPS) is 30.0. The van der Waals surface area contributed by atoms with Crippen LogP contribution in [0.1, 0.15) is 64.7 Å². The van der Waals surface area contributed by atoms with Crippen molar-refractivity contribution < 1.29 is 19.4 Å². The molecular formula is C29H40N6O4. The summed E-state index contributed by atoms with van der Waals surface area (Å²) >= 11 is 0. The number of aliphatic hydroxyl groups is 1. The summed E-state index contributed by atoms with van der Waals surface area (Å²) in [5, 5.41) is 16.3. The number of aliphatic hydroxyl groups excluding tert-OH is 1. The molecule has 0 saturated heterocycles. The van der Waals surface area contributed by atoms with Crippen LogP contribution in [0.3, 0.4) is 0 Å². The minimum atomic E-state index is -0.372. The van der Waals surface area contributed by atoms with Crippen molar-refractivity contribution in [1.82, 2.24) is 15.3 Å². The topological polar surface area (TPSA) is 120 Å². The summed E-state index contributed by atoms with van der Waals surface area (Å²) < 4.78 is 5.68. The number of fused-ring (bicyclic) bond motifs is 1. The average molecular weight is 537 g/mol. The second kappa shape index (κ2) is 10.1. The smallest absolute Gasteiger partial charge is 0.234 e. The highest BCUT2D eigenvalue weighted by Gasteiger charge is 2.55. The number of amides is 2. The molecule has 3 fully saturated rings. The Kier molecular flexibility index (Phi) is 6.77. The lowest BCUT2D eigenvalue weighted by Crippen LogP contribution is -2.41. The van der Waals surface area contributed by atoms with Crippen molar-refractivity contribution in [2.24, 2.45) is 17.3 Å². The highest BCUT2D eigenvalue weighted by molar-refractivity contribution is 6.02. The molecule has 0 radical (unpaired) electrons. The maximum atomic E-state index is 13.3. The van der Waals surface area contributed by atoms with E-state index in [0.29, 0.717) is 30.7 Å². The van der Waals surface area contributed by atoms with Crippen LogP contribution in [-0.2, 0) is 14.3 Å². The van der Waals surface area contributed by atoms with Gasteiger partial charge in [0.1, 0.15) is 11.4 Å². The monoisotopic (exact) mass is 536 g/mol. The molecule has 2 unspecified atom stereocenters. The fourth-order valence-electron chi connectivity index (χ4n) is 6.80. The summed E-state index contributed by atoms with van der Waals surface area (Å²) in [5.41, 5.74) is 1.17. The van der Waals surface area contributed by atoms with Crippen LogP contribution in [0, 0.1) is 17.3 Å². The van der Waals surface area contributed by atoms with Crippen molar-refractivity contribution in [2.75, 3.05) is 35.8 Å². The number of carbonyl (C=O) groups excluding carboxylic acids is 2. The number of carbonyl (C=O) groups is 2. The maximum Gasteiger partial charge on any atom is 0.234 e. The van der Waals surface area contributed by atoms with Crippen molar-refractivity contribution in [3.8, 4) is 0 Å². The fourth-order valence-corrected chi connectivity index (χ4v) is 6.80. The van der Waals surface area contributed by atoms with E-state index in [2.05, 4.69) is 20.5 Å². The maximum absolute atomic E-state index is 13.3. The molecule has 1 aliphatic heterocycles. The van der Waals surface area contributed by atoms with Crippen molar-refractivity contribution in [3.05, 3.63) is 29.8 Å². The molecule has 6 rings (SSSR count). The Morgan fingerprint density at radius 2 is 1.95 bits per heavy atom. The molecule has 5 aliphatic rings. The lowest BCUT2D eigenvalue weighted by molar-refractivity contribution is -0.125. The molecule has 4 atom stereocenters. The number of nitrogens with one attached hydrogen (secondary N) is 2. The van der Waals surface area contributed by atoms with Gasteiger partial charge in [0.25, 0.3) is 0 Å². The average Bonchev–Trinajstić information content (AvgIpc) is 3.31. The lowest BCUT2D eigenvalue weighted by Gasteiger charge is -2.31. The molecule has 3 N–H and O–H groups in total. The van der Waals surface area contributed by atoms with Gasteiger partial charge in [-0.2, -0.15) is 4.98 Å². The fraction of sp³-hybridized carbons (Fsp3) is 0.655. The minimum Gasteiger partial charge on any atom is -0.495 e. The highest BCUT2D eigenvalue weighted by Crippen LogP contribution is 2.52. The standard InChI is InChI=1S/C29H40N6O4/c1-17-12-22(24(39-3)14-21(17)26(37)31-18-8-9-20(36)13-18)32-28-30-15-23-25(33-28)35(19-6-4-5-7-19)16-29(10-11-29)27(38)34(23)2/h12,14-15,17-21,36H,4-11,13,16H2,1-3H3,(H,31,37)(H,30,32,33)/t17?,18-,20-,21?/m1/s1. The van der Waals surface area contributed by atoms with Crippen LogP contribution >= 0.6 is 0 Å². The van der Waals surface area contributed by atoms with Crippen molar-refractivity contribution in [3.63, 3.8) is 0 Å². The van der Waals surface area contributed by atoms with Gasteiger partial charge in [-0.1, -0.05) is 25.8 Å². The molecule has 1 aromatic heterocycles. The van der Waals surface area contributed by atoms with Crippen molar-refractivity contribution in [1.29, 1.82) is 0 Å². The van der Waals surface area contributed by atoms with E-state index < -0.39 is 0 Å². The zero-order valence-electron chi connectivity index (χ0n) is 23.2. The first-order valence-corrected chi connectivity index (χ1v) is 14.4. The van der Waals surface area contributed by atoms with Crippen LogP contribution in [0.4, 0.5) is 17.5 Å². The van der Waals surface area contributed by atoms with Crippen LogP contribution in [0.25, 0.3) is 0 Å². The first-order valence-electron chi connectivity index (χ1n) is 14.4. The summed E-state index contributed by atoms with van der Waals surface area (Å²) in [5.74, 6) is 1.47. The van der Waals surface area contributed by atoms with Gasteiger partial charge in [0.05, 0.1) is 36.4 Å².